The lowest BCUT2D eigenvalue weighted by molar-refractivity contribution is -0.0351. The van der Waals surface area contributed by atoms with E-state index in [1.54, 1.807) is 7.11 Å². The molecule has 0 radical (unpaired) electrons. The van der Waals surface area contributed by atoms with Crippen LogP contribution < -0.4 is 5.73 Å². The quantitative estimate of drug-likeness (QED) is 0.837. The molecule has 0 bridgehead atoms. The van der Waals surface area contributed by atoms with Crippen LogP contribution in [0.4, 0.5) is 5.82 Å². The standard InChI is InChI=1S/C14H23N3O/c1-3-11-10-12(15)17-13(16-11)14(18-2)8-6-4-5-7-9-14/h10H,3-9H2,1-2H3,(H2,15,16,17). The van der Waals surface area contributed by atoms with Crippen LogP contribution in [0.3, 0.4) is 0 Å². The van der Waals surface area contributed by atoms with Crippen molar-refractivity contribution in [2.24, 2.45) is 0 Å². The molecule has 1 aromatic heterocycles. The zero-order valence-electron chi connectivity index (χ0n) is 11.4. The Labute approximate surface area is 109 Å². The molecule has 0 aliphatic heterocycles. The Morgan fingerprint density at radius 1 is 1.22 bits per heavy atom. The summed E-state index contributed by atoms with van der Waals surface area (Å²) in [5, 5.41) is 0. The number of ether oxygens (including phenoxy) is 1. The van der Waals surface area contributed by atoms with Gasteiger partial charge in [-0.1, -0.05) is 32.6 Å². The number of hydrogen-bond donors (Lipinski definition) is 1. The van der Waals surface area contributed by atoms with E-state index in [0.717, 1.165) is 30.8 Å². The predicted octanol–water partition coefficient (Wildman–Crippen LogP) is 2.82. The molecule has 4 nitrogen and oxygen atoms in total. The van der Waals surface area contributed by atoms with Crippen molar-refractivity contribution in [1.82, 2.24) is 9.97 Å². The van der Waals surface area contributed by atoms with Gasteiger partial charge in [-0.3, -0.25) is 0 Å². The van der Waals surface area contributed by atoms with Crippen LogP contribution in [0.5, 0.6) is 0 Å². The van der Waals surface area contributed by atoms with Crippen molar-refractivity contribution in [2.75, 3.05) is 12.8 Å². The van der Waals surface area contributed by atoms with Gasteiger partial charge in [0.2, 0.25) is 0 Å². The molecule has 0 aromatic carbocycles. The summed E-state index contributed by atoms with van der Waals surface area (Å²) in [6.07, 6.45) is 7.76. The van der Waals surface area contributed by atoms with E-state index in [0.29, 0.717) is 5.82 Å². The SMILES string of the molecule is CCc1cc(N)nc(C2(OC)CCCCCC2)n1. The lowest BCUT2D eigenvalue weighted by Gasteiger charge is -2.30. The summed E-state index contributed by atoms with van der Waals surface area (Å²) >= 11 is 0. The number of nitrogen functional groups attached to an aromatic ring is 1. The summed E-state index contributed by atoms with van der Waals surface area (Å²) in [5.41, 5.74) is 6.56. The van der Waals surface area contributed by atoms with Crippen LogP contribution in [0.2, 0.25) is 0 Å². The predicted molar refractivity (Wildman–Crippen MR) is 72.2 cm³/mol. The molecule has 0 spiro atoms. The van der Waals surface area contributed by atoms with Crippen molar-refractivity contribution in [3.8, 4) is 0 Å². The Balaban J connectivity index is 2.38. The third-order valence-corrected chi connectivity index (χ3v) is 3.87. The largest absolute Gasteiger partial charge is 0.384 e. The number of aromatic nitrogens is 2. The normalized spacial score (nSPS) is 19.4. The minimum Gasteiger partial charge on any atom is -0.384 e. The molecular weight excluding hydrogens is 226 g/mol. The van der Waals surface area contributed by atoms with E-state index in [4.69, 9.17) is 10.5 Å². The van der Waals surface area contributed by atoms with E-state index in [9.17, 15) is 0 Å². The third kappa shape index (κ3) is 2.64. The fourth-order valence-electron chi connectivity index (χ4n) is 2.72. The molecule has 18 heavy (non-hydrogen) atoms. The minimum atomic E-state index is -0.324. The zero-order valence-corrected chi connectivity index (χ0v) is 11.4. The summed E-state index contributed by atoms with van der Waals surface area (Å²) in [5.74, 6) is 1.33. The van der Waals surface area contributed by atoms with E-state index < -0.39 is 0 Å². The first-order chi connectivity index (χ1) is 8.70. The van der Waals surface area contributed by atoms with Crippen LogP contribution in [0.15, 0.2) is 6.07 Å². The molecule has 1 aromatic rings. The number of methoxy groups -OCH3 is 1. The molecule has 100 valence electrons. The Bertz CT molecular complexity index is 398. The van der Waals surface area contributed by atoms with Gasteiger partial charge >= 0.3 is 0 Å². The van der Waals surface area contributed by atoms with Crippen LogP contribution in [-0.4, -0.2) is 17.1 Å². The molecule has 2 N–H and O–H groups in total. The van der Waals surface area contributed by atoms with Crippen molar-refractivity contribution < 1.29 is 4.74 Å². The van der Waals surface area contributed by atoms with Crippen LogP contribution >= 0.6 is 0 Å². The topological polar surface area (TPSA) is 61.0 Å². The Kier molecular flexibility index (Phi) is 4.17. The number of aryl methyl sites for hydroxylation is 1. The first-order valence-corrected chi connectivity index (χ1v) is 6.89. The van der Waals surface area contributed by atoms with Gasteiger partial charge in [-0.25, -0.2) is 9.97 Å². The van der Waals surface area contributed by atoms with Crippen LogP contribution in [0, 0.1) is 0 Å². The number of anilines is 1. The third-order valence-electron chi connectivity index (χ3n) is 3.87. The first kappa shape index (κ1) is 13.3. The van der Waals surface area contributed by atoms with Crippen molar-refractivity contribution in [2.45, 2.75) is 57.5 Å². The summed E-state index contributed by atoms with van der Waals surface area (Å²) in [4.78, 5) is 9.08. The Hall–Kier alpha value is -1.16. The number of rotatable bonds is 3. The van der Waals surface area contributed by atoms with Crippen LogP contribution in [0.25, 0.3) is 0 Å². The molecule has 0 unspecified atom stereocenters. The second-order valence-corrected chi connectivity index (χ2v) is 5.07. The Morgan fingerprint density at radius 3 is 2.44 bits per heavy atom. The maximum Gasteiger partial charge on any atom is 0.162 e. The number of nitrogens with zero attached hydrogens (tertiary/aromatic N) is 2. The van der Waals surface area contributed by atoms with Gasteiger partial charge in [0.05, 0.1) is 0 Å². The van der Waals surface area contributed by atoms with Gasteiger partial charge in [-0.2, -0.15) is 0 Å². The zero-order chi connectivity index (χ0) is 13.0. The van der Waals surface area contributed by atoms with Crippen molar-refractivity contribution >= 4 is 5.82 Å². The summed E-state index contributed by atoms with van der Waals surface area (Å²) in [7, 11) is 1.77. The number of hydrogen-bond acceptors (Lipinski definition) is 4. The second kappa shape index (κ2) is 5.65. The molecule has 0 saturated heterocycles. The molecule has 1 aliphatic rings. The first-order valence-electron chi connectivity index (χ1n) is 6.89. The highest BCUT2D eigenvalue weighted by molar-refractivity contribution is 5.31. The fourth-order valence-corrected chi connectivity index (χ4v) is 2.72. The van der Waals surface area contributed by atoms with E-state index in [1.165, 1.54) is 25.7 Å². The maximum atomic E-state index is 5.89. The van der Waals surface area contributed by atoms with E-state index in [2.05, 4.69) is 16.9 Å². The van der Waals surface area contributed by atoms with Crippen LogP contribution in [0.1, 0.15) is 57.0 Å². The highest BCUT2D eigenvalue weighted by Crippen LogP contribution is 2.37. The van der Waals surface area contributed by atoms with Gasteiger partial charge in [0.1, 0.15) is 11.4 Å². The van der Waals surface area contributed by atoms with E-state index in [-0.39, 0.29) is 5.60 Å². The van der Waals surface area contributed by atoms with Gasteiger partial charge < -0.3 is 10.5 Å². The van der Waals surface area contributed by atoms with Gasteiger partial charge in [-0.15, -0.1) is 0 Å². The molecule has 4 heteroatoms. The monoisotopic (exact) mass is 249 g/mol. The molecule has 1 heterocycles. The molecule has 0 amide bonds. The highest BCUT2D eigenvalue weighted by Gasteiger charge is 2.36. The van der Waals surface area contributed by atoms with Crippen molar-refractivity contribution in [1.29, 1.82) is 0 Å². The van der Waals surface area contributed by atoms with Crippen molar-refractivity contribution in [3.05, 3.63) is 17.6 Å². The minimum absolute atomic E-state index is 0.324. The lowest BCUT2D eigenvalue weighted by atomic mass is 9.93. The molecule has 1 aliphatic carbocycles. The van der Waals surface area contributed by atoms with E-state index in [1.807, 2.05) is 6.07 Å². The second-order valence-electron chi connectivity index (χ2n) is 5.07. The molecule has 1 fully saturated rings. The van der Waals surface area contributed by atoms with Gasteiger partial charge in [0.25, 0.3) is 0 Å². The highest BCUT2D eigenvalue weighted by atomic mass is 16.5. The smallest absolute Gasteiger partial charge is 0.162 e. The molecule has 2 rings (SSSR count). The Morgan fingerprint density at radius 2 is 1.89 bits per heavy atom. The summed E-state index contributed by atoms with van der Waals surface area (Å²) in [6, 6.07) is 1.85. The average molecular weight is 249 g/mol. The maximum absolute atomic E-state index is 5.89. The number of nitrogens with two attached hydrogens (primary N) is 1. The van der Waals surface area contributed by atoms with Gasteiger partial charge in [0.15, 0.2) is 5.82 Å². The average Bonchev–Trinajstić information content (AvgIpc) is 2.64. The van der Waals surface area contributed by atoms with Gasteiger partial charge in [-0.05, 0) is 19.3 Å². The van der Waals surface area contributed by atoms with Crippen LogP contribution in [-0.2, 0) is 16.8 Å². The fraction of sp³-hybridized carbons (Fsp3) is 0.714. The lowest BCUT2D eigenvalue weighted by Crippen LogP contribution is -2.31. The molecular formula is C14H23N3O. The van der Waals surface area contributed by atoms with Gasteiger partial charge in [0, 0.05) is 18.9 Å². The molecule has 1 saturated carbocycles. The van der Waals surface area contributed by atoms with Crippen molar-refractivity contribution in [3.63, 3.8) is 0 Å². The molecule has 0 atom stereocenters. The summed E-state index contributed by atoms with van der Waals surface area (Å²) < 4.78 is 5.82. The van der Waals surface area contributed by atoms with E-state index >= 15 is 0 Å². The summed E-state index contributed by atoms with van der Waals surface area (Å²) in [6.45, 7) is 2.08.